The fourth-order valence-corrected chi connectivity index (χ4v) is 2.99. The van der Waals surface area contributed by atoms with Crippen molar-refractivity contribution in [3.05, 3.63) is 22.4 Å². The Morgan fingerprint density at radius 3 is 3.24 bits per heavy atom. The summed E-state index contributed by atoms with van der Waals surface area (Å²) in [6, 6.07) is 4.64. The van der Waals surface area contributed by atoms with E-state index < -0.39 is 0 Å². The molecule has 2 rings (SSSR count). The Balaban J connectivity index is 1.70. The lowest BCUT2D eigenvalue weighted by Crippen LogP contribution is -2.42. The molecular formula is C13H20N2OS. The van der Waals surface area contributed by atoms with Crippen molar-refractivity contribution < 1.29 is 4.79 Å². The number of carbonyl (C=O) groups is 1. The minimum Gasteiger partial charge on any atom is -0.355 e. The molecule has 17 heavy (non-hydrogen) atoms. The Bertz CT molecular complexity index is 350. The van der Waals surface area contributed by atoms with Gasteiger partial charge in [0.1, 0.15) is 0 Å². The molecule has 3 nitrogen and oxygen atoms in total. The Morgan fingerprint density at radius 1 is 1.65 bits per heavy atom. The predicted molar refractivity (Wildman–Crippen MR) is 71.2 cm³/mol. The molecule has 0 saturated carbocycles. The molecule has 0 aromatic carbocycles. The predicted octanol–water partition coefficient (Wildman–Crippen LogP) is 1.79. The van der Waals surface area contributed by atoms with Crippen LogP contribution in [0.15, 0.2) is 17.5 Å². The normalized spacial score (nSPS) is 24.5. The van der Waals surface area contributed by atoms with Gasteiger partial charge < -0.3 is 10.6 Å². The molecule has 1 saturated heterocycles. The number of thiophene rings is 1. The molecule has 1 aromatic rings. The second-order valence-electron chi connectivity index (χ2n) is 4.70. The van der Waals surface area contributed by atoms with Crippen LogP contribution in [-0.4, -0.2) is 25.0 Å². The van der Waals surface area contributed by atoms with Gasteiger partial charge in [0, 0.05) is 23.4 Å². The summed E-state index contributed by atoms with van der Waals surface area (Å²) in [7, 11) is 0. The van der Waals surface area contributed by atoms with E-state index in [9.17, 15) is 4.79 Å². The minimum absolute atomic E-state index is 0.203. The summed E-state index contributed by atoms with van der Waals surface area (Å²) in [5, 5.41) is 8.49. The maximum Gasteiger partial charge on any atom is 0.223 e. The number of hydrogen-bond acceptors (Lipinski definition) is 3. The van der Waals surface area contributed by atoms with Crippen molar-refractivity contribution >= 4 is 17.2 Å². The third-order valence-electron chi connectivity index (χ3n) is 3.25. The van der Waals surface area contributed by atoms with Gasteiger partial charge in [-0.15, -0.1) is 11.3 Å². The maximum absolute atomic E-state index is 11.9. The Kier molecular flexibility index (Phi) is 4.57. The lowest BCUT2D eigenvalue weighted by molar-refractivity contribution is -0.126. The maximum atomic E-state index is 11.9. The molecule has 2 heterocycles. The largest absolute Gasteiger partial charge is 0.355 e. The first kappa shape index (κ1) is 12.6. The second-order valence-corrected chi connectivity index (χ2v) is 5.73. The van der Waals surface area contributed by atoms with Crippen LogP contribution < -0.4 is 10.6 Å². The van der Waals surface area contributed by atoms with Crippen LogP contribution in [0.3, 0.4) is 0 Å². The van der Waals surface area contributed by atoms with Gasteiger partial charge in [-0.05, 0) is 44.2 Å². The standard InChI is InChI=1S/C13H20N2OS/c1-10-9-11(4-6-14-10)13(16)15-7-5-12-3-2-8-17-12/h2-3,8,10-11,14H,4-7,9H2,1H3,(H,15,16)/t10-,11-/m0/s1. The molecule has 1 fully saturated rings. The zero-order valence-electron chi connectivity index (χ0n) is 10.2. The van der Waals surface area contributed by atoms with Gasteiger partial charge >= 0.3 is 0 Å². The number of carbonyl (C=O) groups excluding carboxylic acids is 1. The van der Waals surface area contributed by atoms with Crippen molar-refractivity contribution in [3.63, 3.8) is 0 Å². The molecule has 0 bridgehead atoms. The van der Waals surface area contributed by atoms with E-state index in [0.717, 1.165) is 32.4 Å². The van der Waals surface area contributed by atoms with Crippen molar-refractivity contribution in [2.45, 2.75) is 32.2 Å². The lowest BCUT2D eigenvalue weighted by atomic mass is 9.92. The van der Waals surface area contributed by atoms with Crippen LogP contribution in [0, 0.1) is 5.92 Å². The van der Waals surface area contributed by atoms with E-state index in [2.05, 4.69) is 35.1 Å². The molecule has 2 N–H and O–H groups in total. The Hall–Kier alpha value is -0.870. The van der Waals surface area contributed by atoms with Gasteiger partial charge in [0.2, 0.25) is 5.91 Å². The van der Waals surface area contributed by atoms with Crippen LogP contribution >= 0.6 is 11.3 Å². The van der Waals surface area contributed by atoms with Gasteiger partial charge in [0.25, 0.3) is 0 Å². The summed E-state index contributed by atoms with van der Waals surface area (Å²) >= 11 is 1.75. The fraction of sp³-hybridized carbons (Fsp3) is 0.615. The quantitative estimate of drug-likeness (QED) is 0.858. The van der Waals surface area contributed by atoms with E-state index in [1.807, 2.05) is 0 Å². The first-order valence-electron chi connectivity index (χ1n) is 6.29. The monoisotopic (exact) mass is 252 g/mol. The van der Waals surface area contributed by atoms with Gasteiger partial charge in [-0.25, -0.2) is 0 Å². The SMILES string of the molecule is C[C@H]1C[C@@H](C(=O)NCCc2cccs2)CCN1. The molecule has 0 radical (unpaired) electrons. The second kappa shape index (κ2) is 6.17. The summed E-state index contributed by atoms with van der Waals surface area (Å²) in [5.74, 6) is 0.435. The van der Waals surface area contributed by atoms with Crippen LogP contribution in [0.2, 0.25) is 0 Å². The summed E-state index contributed by atoms with van der Waals surface area (Å²) in [4.78, 5) is 13.3. The average molecular weight is 252 g/mol. The van der Waals surface area contributed by atoms with Crippen LogP contribution in [0.25, 0.3) is 0 Å². The number of nitrogens with one attached hydrogen (secondary N) is 2. The molecule has 1 aliphatic rings. The zero-order valence-corrected chi connectivity index (χ0v) is 11.1. The summed E-state index contributed by atoms with van der Waals surface area (Å²) < 4.78 is 0. The zero-order chi connectivity index (χ0) is 12.1. The highest BCUT2D eigenvalue weighted by Crippen LogP contribution is 2.16. The van der Waals surface area contributed by atoms with Crippen molar-refractivity contribution in [2.75, 3.05) is 13.1 Å². The molecule has 4 heteroatoms. The van der Waals surface area contributed by atoms with E-state index in [0.29, 0.717) is 6.04 Å². The molecule has 0 unspecified atom stereocenters. The van der Waals surface area contributed by atoms with E-state index in [1.165, 1.54) is 4.88 Å². The average Bonchev–Trinajstić information content (AvgIpc) is 2.82. The highest BCUT2D eigenvalue weighted by atomic mass is 32.1. The van der Waals surface area contributed by atoms with E-state index in [1.54, 1.807) is 11.3 Å². The Labute approximate surface area is 107 Å². The van der Waals surface area contributed by atoms with Crippen molar-refractivity contribution in [2.24, 2.45) is 5.92 Å². The van der Waals surface area contributed by atoms with Gasteiger partial charge in [0.05, 0.1) is 0 Å². The summed E-state index contributed by atoms with van der Waals surface area (Å²) in [6.07, 6.45) is 2.88. The molecule has 1 amide bonds. The van der Waals surface area contributed by atoms with E-state index >= 15 is 0 Å². The third kappa shape index (κ3) is 3.82. The van der Waals surface area contributed by atoms with Crippen LogP contribution in [0.5, 0.6) is 0 Å². The highest BCUT2D eigenvalue weighted by molar-refractivity contribution is 7.09. The van der Waals surface area contributed by atoms with E-state index in [4.69, 9.17) is 0 Å². The smallest absolute Gasteiger partial charge is 0.223 e. The molecular weight excluding hydrogens is 232 g/mol. The van der Waals surface area contributed by atoms with Gasteiger partial charge in [-0.1, -0.05) is 6.07 Å². The van der Waals surface area contributed by atoms with Crippen molar-refractivity contribution in [3.8, 4) is 0 Å². The van der Waals surface area contributed by atoms with Crippen LogP contribution in [0.1, 0.15) is 24.6 Å². The molecule has 94 valence electrons. The van der Waals surface area contributed by atoms with Crippen LogP contribution in [-0.2, 0) is 11.2 Å². The molecule has 1 aliphatic heterocycles. The van der Waals surface area contributed by atoms with Crippen molar-refractivity contribution in [1.82, 2.24) is 10.6 Å². The first-order valence-corrected chi connectivity index (χ1v) is 7.17. The minimum atomic E-state index is 0.203. The topological polar surface area (TPSA) is 41.1 Å². The lowest BCUT2D eigenvalue weighted by Gasteiger charge is -2.27. The van der Waals surface area contributed by atoms with Gasteiger partial charge in [0.15, 0.2) is 0 Å². The van der Waals surface area contributed by atoms with Crippen molar-refractivity contribution in [1.29, 1.82) is 0 Å². The van der Waals surface area contributed by atoms with Crippen LogP contribution in [0.4, 0.5) is 0 Å². The summed E-state index contributed by atoms with van der Waals surface area (Å²) in [5.41, 5.74) is 0. The van der Waals surface area contributed by atoms with Gasteiger partial charge in [-0.3, -0.25) is 4.79 Å². The molecule has 0 spiro atoms. The molecule has 2 atom stereocenters. The molecule has 0 aliphatic carbocycles. The highest BCUT2D eigenvalue weighted by Gasteiger charge is 2.24. The summed E-state index contributed by atoms with van der Waals surface area (Å²) in [6.45, 7) is 3.87. The number of hydrogen-bond donors (Lipinski definition) is 2. The van der Waals surface area contributed by atoms with E-state index in [-0.39, 0.29) is 11.8 Å². The molecule has 1 aromatic heterocycles. The Morgan fingerprint density at radius 2 is 2.53 bits per heavy atom. The third-order valence-corrected chi connectivity index (χ3v) is 4.18. The van der Waals surface area contributed by atoms with Gasteiger partial charge in [-0.2, -0.15) is 0 Å². The number of rotatable bonds is 4. The fourth-order valence-electron chi connectivity index (χ4n) is 2.28. The number of amides is 1. The number of piperidine rings is 1. The first-order chi connectivity index (χ1) is 8.25.